The number of aromatic nitrogens is 2. The van der Waals surface area contributed by atoms with Gasteiger partial charge in [0.15, 0.2) is 11.5 Å². The first kappa shape index (κ1) is 17.9. The third-order valence-electron chi connectivity index (χ3n) is 5.57. The molecule has 1 aromatic heterocycles. The zero-order valence-electron chi connectivity index (χ0n) is 15.7. The molecule has 0 radical (unpaired) electrons. The number of para-hydroxylation sites is 1. The van der Waals surface area contributed by atoms with E-state index < -0.39 is 0 Å². The van der Waals surface area contributed by atoms with Crippen LogP contribution >= 0.6 is 0 Å². The van der Waals surface area contributed by atoms with Crippen molar-refractivity contribution >= 4 is 11.9 Å². The van der Waals surface area contributed by atoms with Crippen LogP contribution in [0, 0.1) is 5.92 Å². The van der Waals surface area contributed by atoms with Crippen LogP contribution in [-0.4, -0.2) is 15.8 Å². The number of allylic oxidation sites excluding steroid dienone is 1. The number of hydrogen-bond donors (Lipinski definition) is 0. The Balaban J connectivity index is 1.48. The molecule has 0 spiro atoms. The van der Waals surface area contributed by atoms with Crippen molar-refractivity contribution in [1.29, 1.82) is 0 Å². The Morgan fingerprint density at radius 3 is 2.67 bits per heavy atom. The van der Waals surface area contributed by atoms with Gasteiger partial charge in [-0.1, -0.05) is 50.3 Å². The SMILES string of the molecule is O=C1CCc2nc(CCC3CCCCC3)ncc2C=C1Oc1ccccc1. The predicted molar refractivity (Wildman–Crippen MR) is 105 cm³/mol. The summed E-state index contributed by atoms with van der Waals surface area (Å²) in [6.07, 6.45) is 13.6. The van der Waals surface area contributed by atoms with Crippen LogP contribution < -0.4 is 4.74 Å². The lowest BCUT2D eigenvalue weighted by Crippen LogP contribution is -2.09. The highest BCUT2D eigenvalue weighted by Gasteiger charge is 2.20. The number of nitrogens with zero attached hydrogens (tertiary/aromatic N) is 2. The molecule has 4 heteroatoms. The number of aryl methyl sites for hydroxylation is 2. The van der Waals surface area contributed by atoms with Gasteiger partial charge in [-0.2, -0.15) is 0 Å². The molecule has 27 heavy (non-hydrogen) atoms. The lowest BCUT2D eigenvalue weighted by molar-refractivity contribution is -0.117. The maximum atomic E-state index is 12.5. The van der Waals surface area contributed by atoms with Gasteiger partial charge in [-0.15, -0.1) is 0 Å². The number of rotatable bonds is 5. The number of hydrogen-bond acceptors (Lipinski definition) is 4. The van der Waals surface area contributed by atoms with Gasteiger partial charge in [0.25, 0.3) is 0 Å². The number of fused-ring (bicyclic) bond motifs is 1. The van der Waals surface area contributed by atoms with E-state index in [4.69, 9.17) is 9.72 Å². The van der Waals surface area contributed by atoms with E-state index in [1.54, 1.807) is 6.08 Å². The third-order valence-corrected chi connectivity index (χ3v) is 5.57. The molecule has 0 amide bonds. The standard InChI is InChI=1S/C23H26N2O2/c26-21-13-12-20-18(15-22(21)27-19-9-5-2-6-10-19)16-24-23(25-20)14-11-17-7-3-1-4-8-17/h2,5-6,9-10,15-17H,1,3-4,7-8,11-14H2. The van der Waals surface area contributed by atoms with E-state index in [1.165, 1.54) is 38.5 Å². The molecule has 0 aliphatic heterocycles. The molecule has 2 aliphatic carbocycles. The molecular formula is C23H26N2O2. The van der Waals surface area contributed by atoms with Crippen LogP contribution in [0.3, 0.4) is 0 Å². The molecule has 1 fully saturated rings. The van der Waals surface area contributed by atoms with Gasteiger partial charge < -0.3 is 4.74 Å². The molecular weight excluding hydrogens is 336 g/mol. The largest absolute Gasteiger partial charge is 0.454 e. The fraction of sp³-hybridized carbons (Fsp3) is 0.435. The summed E-state index contributed by atoms with van der Waals surface area (Å²) in [6, 6.07) is 9.42. The Hall–Kier alpha value is -2.49. The molecule has 2 aromatic rings. The van der Waals surface area contributed by atoms with Crippen molar-refractivity contribution in [2.45, 2.75) is 57.8 Å². The van der Waals surface area contributed by atoms with Gasteiger partial charge in [-0.3, -0.25) is 4.79 Å². The lowest BCUT2D eigenvalue weighted by atomic mass is 9.86. The Bertz CT molecular complexity index is 824. The number of ether oxygens (including phenoxy) is 1. The Morgan fingerprint density at radius 2 is 1.85 bits per heavy atom. The van der Waals surface area contributed by atoms with Gasteiger partial charge in [0.05, 0.1) is 5.69 Å². The quantitative estimate of drug-likeness (QED) is 0.757. The van der Waals surface area contributed by atoms with Crippen molar-refractivity contribution in [3.05, 3.63) is 59.4 Å². The van der Waals surface area contributed by atoms with Crippen LogP contribution in [0.1, 0.15) is 62.0 Å². The van der Waals surface area contributed by atoms with Gasteiger partial charge in [-0.25, -0.2) is 9.97 Å². The zero-order valence-corrected chi connectivity index (χ0v) is 15.7. The molecule has 4 nitrogen and oxygen atoms in total. The van der Waals surface area contributed by atoms with Crippen molar-refractivity contribution in [2.75, 3.05) is 0 Å². The minimum Gasteiger partial charge on any atom is -0.454 e. The smallest absolute Gasteiger partial charge is 0.198 e. The van der Waals surface area contributed by atoms with Crippen LogP contribution in [0.15, 0.2) is 42.3 Å². The molecule has 1 aromatic carbocycles. The lowest BCUT2D eigenvalue weighted by Gasteiger charge is -2.21. The predicted octanol–water partition coefficient (Wildman–Crippen LogP) is 4.92. The number of Topliss-reactive ketones (excluding diaryl/α,β-unsaturated/α-hetero) is 1. The average Bonchev–Trinajstić information content (AvgIpc) is 2.87. The highest BCUT2D eigenvalue weighted by atomic mass is 16.5. The summed E-state index contributed by atoms with van der Waals surface area (Å²) in [5.41, 5.74) is 1.86. The summed E-state index contributed by atoms with van der Waals surface area (Å²) in [6.45, 7) is 0. The van der Waals surface area contributed by atoms with Gasteiger partial charge in [0, 0.05) is 24.6 Å². The summed E-state index contributed by atoms with van der Waals surface area (Å²) in [7, 11) is 0. The molecule has 140 valence electrons. The number of carbonyl (C=O) groups is 1. The first-order valence-corrected chi connectivity index (χ1v) is 10.1. The van der Waals surface area contributed by atoms with Crippen LogP contribution in [-0.2, 0) is 17.6 Å². The van der Waals surface area contributed by atoms with Crippen LogP contribution in [0.5, 0.6) is 5.75 Å². The fourth-order valence-electron chi connectivity index (χ4n) is 4.00. The van der Waals surface area contributed by atoms with Gasteiger partial charge >= 0.3 is 0 Å². The van der Waals surface area contributed by atoms with Crippen molar-refractivity contribution in [3.63, 3.8) is 0 Å². The highest BCUT2D eigenvalue weighted by Crippen LogP contribution is 2.27. The van der Waals surface area contributed by atoms with Crippen LogP contribution in [0.2, 0.25) is 0 Å². The summed E-state index contributed by atoms with van der Waals surface area (Å²) in [4.78, 5) is 21.8. The van der Waals surface area contributed by atoms with Crippen molar-refractivity contribution in [1.82, 2.24) is 9.97 Å². The second-order valence-corrected chi connectivity index (χ2v) is 7.58. The summed E-state index contributed by atoms with van der Waals surface area (Å²) >= 11 is 0. The van der Waals surface area contributed by atoms with E-state index in [0.29, 0.717) is 24.4 Å². The number of benzene rings is 1. The highest BCUT2D eigenvalue weighted by molar-refractivity contribution is 5.99. The van der Waals surface area contributed by atoms with Crippen molar-refractivity contribution in [2.24, 2.45) is 5.92 Å². The normalized spacial score (nSPS) is 17.8. The summed E-state index contributed by atoms with van der Waals surface area (Å²) in [5.74, 6) is 2.80. The molecule has 0 saturated heterocycles. The number of carbonyl (C=O) groups excluding carboxylic acids is 1. The third kappa shape index (κ3) is 4.62. The molecule has 0 bridgehead atoms. The van der Waals surface area contributed by atoms with Crippen LogP contribution in [0.25, 0.3) is 6.08 Å². The molecule has 1 heterocycles. The van der Waals surface area contributed by atoms with Gasteiger partial charge in [0.1, 0.15) is 11.6 Å². The Morgan fingerprint density at radius 1 is 1.04 bits per heavy atom. The monoisotopic (exact) mass is 362 g/mol. The molecule has 1 saturated carbocycles. The zero-order chi connectivity index (χ0) is 18.5. The molecule has 4 rings (SSSR count). The molecule has 2 aliphatic rings. The average molecular weight is 362 g/mol. The molecule has 0 N–H and O–H groups in total. The maximum absolute atomic E-state index is 12.5. The Kier molecular flexibility index (Phi) is 5.61. The fourth-order valence-corrected chi connectivity index (χ4v) is 4.00. The first-order chi connectivity index (χ1) is 13.3. The van der Waals surface area contributed by atoms with E-state index in [9.17, 15) is 4.79 Å². The second-order valence-electron chi connectivity index (χ2n) is 7.58. The van der Waals surface area contributed by atoms with Crippen LogP contribution in [0.4, 0.5) is 0 Å². The summed E-state index contributed by atoms with van der Waals surface area (Å²) < 4.78 is 5.82. The second kappa shape index (κ2) is 8.47. The van der Waals surface area contributed by atoms with E-state index in [-0.39, 0.29) is 5.78 Å². The van der Waals surface area contributed by atoms with E-state index in [0.717, 1.165) is 29.4 Å². The Labute approximate surface area is 160 Å². The summed E-state index contributed by atoms with van der Waals surface area (Å²) in [5, 5.41) is 0. The van der Waals surface area contributed by atoms with E-state index in [2.05, 4.69) is 4.98 Å². The molecule has 0 unspecified atom stereocenters. The molecule has 0 atom stereocenters. The van der Waals surface area contributed by atoms with Crippen molar-refractivity contribution < 1.29 is 9.53 Å². The minimum absolute atomic E-state index is 0.0145. The van der Waals surface area contributed by atoms with Gasteiger partial charge in [0.2, 0.25) is 0 Å². The topological polar surface area (TPSA) is 52.1 Å². The minimum atomic E-state index is 0.0145. The van der Waals surface area contributed by atoms with Gasteiger partial charge in [-0.05, 0) is 37.0 Å². The maximum Gasteiger partial charge on any atom is 0.198 e. The number of ketones is 1. The first-order valence-electron chi connectivity index (χ1n) is 10.1. The van der Waals surface area contributed by atoms with Crippen molar-refractivity contribution in [3.8, 4) is 5.75 Å². The van der Waals surface area contributed by atoms with E-state index in [1.807, 2.05) is 36.5 Å². The van der Waals surface area contributed by atoms with E-state index >= 15 is 0 Å².